The summed E-state index contributed by atoms with van der Waals surface area (Å²) in [5, 5.41) is 10.4. The third-order valence-electron chi connectivity index (χ3n) is 5.35. The van der Waals surface area contributed by atoms with Gasteiger partial charge in [0.25, 0.3) is 11.8 Å². The Kier molecular flexibility index (Phi) is 5.56. The Morgan fingerprint density at radius 2 is 2.10 bits per heavy atom. The van der Waals surface area contributed by atoms with Crippen LogP contribution in [0.2, 0.25) is 5.02 Å². The largest absolute Gasteiger partial charge is 0.505 e. The lowest BCUT2D eigenvalue weighted by Crippen LogP contribution is -2.34. The highest BCUT2D eigenvalue weighted by atomic mass is 35.5. The molecular formula is C22H18ClFN4O3. The fourth-order valence-electron chi connectivity index (χ4n) is 3.96. The lowest BCUT2D eigenvalue weighted by molar-refractivity contribution is 0.0652. The molecule has 9 heteroatoms. The van der Waals surface area contributed by atoms with Gasteiger partial charge in [-0.2, -0.15) is 0 Å². The first-order chi connectivity index (χ1) is 14.9. The van der Waals surface area contributed by atoms with Crippen LogP contribution in [-0.4, -0.2) is 31.8 Å². The molecule has 4 rings (SSSR count). The van der Waals surface area contributed by atoms with Crippen LogP contribution >= 0.6 is 11.6 Å². The number of rotatable bonds is 5. The van der Waals surface area contributed by atoms with E-state index in [1.165, 1.54) is 35.6 Å². The van der Waals surface area contributed by atoms with Crippen LogP contribution in [0.3, 0.4) is 0 Å². The zero-order chi connectivity index (χ0) is 22.1. The fraction of sp³-hybridized carbons (Fsp3) is 0.182. The molecule has 0 aliphatic heterocycles. The summed E-state index contributed by atoms with van der Waals surface area (Å²) in [6.45, 7) is -0.0229. The second kappa shape index (κ2) is 8.31. The van der Waals surface area contributed by atoms with Crippen molar-refractivity contribution in [3.05, 3.63) is 87.7 Å². The third-order valence-corrected chi connectivity index (χ3v) is 5.57. The lowest BCUT2D eigenvalue weighted by atomic mass is 10.0. The van der Waals surface area contributed by atoms with Crippen molar-refractivity contribution in [3.63, 3.8) is 0 Å². The van der Waals surface area contributed by atoms with Gasteiger partial charge in [0.2, 0.25) is 0 Å². The molecule has 0 saturated carbocycles. The molecule has 0 unspecified atom stereocenters. The van der Waals surface area contributed by atoms with E-state index in [2.05, 4.69) is 9.97 Å². The van der Waals surface area contributed by atoms with Crippen LogP contribution in [0, 0.1) is 5.82 Å². The van der Waals surface area contributed by atoms with E-state index in [0.29, 0.717) is 29.5 Å². The van der Waals surface area contributed by atoms with Crippen molar-refractivity contribution in [1.29, 1.82) is 0 Å². The molecule has 0 saturated heterocycles. The molecule has 0 bridgehead atoms. The SMILES string of the molecule is NC(=O)c1ncccc1CN(C(=O)c1ccncc1O)[C@@H]1CCc2c(F)cc(Cl)cc21. The Morgan fingerprint density at radius 3 is 2.84 bits per heavy atom. The minimum Gasteiger partial charge on any atom is -0.505 e. The highest BCUT2D eigenvalue weighted by Crippen LogP contribution is 2.40. The molecule has 2 aromatic heterocycles. The van der Waals surface area contributed by atoms with E-state index in [1.807, 2.05) is 0 Å². The number of benzene rings is 1. The first-order valence-electron chi connectivity index (χ1n) is 9.52. The molecule has 0 radical (unpaired) electrons. The maximum atomic E-state index is 14.5. The predicted molar refractivity (Wildman–Crippen MR) is 111 cm³/mol. The number of carbonyl (C=O) groups excluding carboxylic acids is 2. The van der Waals surface area contributed by atoms with Crippen molar-refractivity contribution in [2.45, 2.75) is 25.4 Å². The number of aromatic hydroxyl groups is 1. The molecule has 0 fully saturated rings. The lowest BCUT2D eigenvalue weighted by Gasteiger charge is -2.30. The minimum atomic E-state index is -0.726. The summed E-state index contributed by atoms with van der Waals surface area (Å²) in [6, 6.07) is 7.04. The number of nitrogens with two attached hydrogens (primary N) is 1. The van der Waals surface area contributed by atoms with Crippen LogP contribution in [0.25, 0.3) is 0 Å². The van der Waals surface area contributed by atoms with Crippen LogP contribution in [0.4, 0.5) is 4.39 Å². The van der Waals surface area contributed by atoms with Gasteiger partial charge in [-0.05, 0) is 48.2 Å². The molecule has 7 nitrogen and oxygen atoms in total. The minimum absolute atomic E-state index is 0.0229. The van der Waals surface area contributed by atoms with Crippen LogP contribution in [0.5, 0.6) is 5.75 Å². The number of hydrogen-bond donors (Lipinski definition) is 2. The van der Waals surface area contributed by atoms with Gasteiger partial charge in [0.05, 0.1) is 17.8 Å². The Labute approximate surface area is 182 Å². The second-order valence-corrected chi connectivity index (χ2v) is 7.65. The first kappa shape index (κ1) is 20.7. The average Bonchev–Trinajstić information content (AvgIpc) is 3.16. The van der Waals surface area contributed by atoms with Gasteiger partial charge in [-0.15, -0.1) is 0 Å². The highest BCUT2D eigenvalue weighted by Gasteiger charge is 2.35. The standard InChI is InChI=1S/C22H18ClFN4O3/c23-13-8-16-14(17(24)9-13)3-4-18(16)28(22(31)15-5-7-26-10-19(15)29)11-12-2-1-6-27-20(12)21(25)30/h1-2,5-10,18,29H,3-4,11H2,(H2,25,30)/t18-/m1/s1. The van der Waals surface area contributed by atoms with E-state index in [9.17, 15) is 19.1 Å². The molecule has 1 aromatic carbocycles. The molecule has 3 aromatic rings. The van der Waals surface area contributed by atoms with E-state index in [0.717, 1.165) is 0 Å². The van der Waals surface area contributed by atoms with Crippen LogP contribution in [-0.2, 0) is 13.0 Å². The molecule has 158 valence electrons. The van der Waals surface area contributed by atoms with Gasteiger partial charge in [0.1, 0.15) is 17.3 Å². The molecule has 3 N–H and O–H groups in total. The topological polar surface area (TPSA) is 109 Å². The predicted octanol–water partition coefficient (Wildman–Crippen LogP) is 3.40. The molecule has 1 aliphatic rings. The zero-order valence-electron chi connectivity index (χ0n) is 16.3. The first-order valence-corrected chi connectivity index (χ1v) is 9.90. The molecular weight excluding hydrogens is 423 g/mol. The zero-order valence-corrected chi connectivity index (χ0v) is 17.0. The Bertz CT molecular complexity index is 1190. The van der Waals surface area contributed by atoms with Gasteiger partial charge >= 0.3 is 0 Å². The van der Waals surface area contributed by atoms with E-state index >= 15 is 0 Å². The van der Waals surface area contributed by atoms with Crippen LogP contribution < -0.4 is 5.73 Å². The fourth-order valence-corrected chi connectivity index (χ4v) is 4.17. The van der Waals surface area contributed by atoms with Gasteiger partial charge in [-0.1, -0.05) is 17.7 Å². The number of carbonyl (C=O) groups is 2. The Hall–Kier alpha value is -3.52. The van der Waals surface area contributed by atoms with Crippen molar-refractivity contribution >= 4 is 23.4 Å². The van der Waals surface area contributed by atoms with Gasteiger partial charge < -0.3 is 15.7 Å². The Balaban J connectivity index is 1.81. The van der Waals surface area contributed by atoms with Crippen LogP contribution in [0.15, 0.2) is 48.9 Å². The van der Waals surface area contributed by atoms with Crippen LogP contribution in [0.1, 0.15) is 50.0 Å². The van der Waals surface area contributed by atoms with Crippen molar-refractivity contribution in [3.8, 4) is 5.75 Å². The van der Waals surface area contributed by atoms with E-state index in [4.69, 9.17) is 17.3 Å². The number of fused-ring (bicyclic) bond motifs is 1. The summed E-state index contributed by atoms with van der Waals surface area (Å²) in [5.41, 5.74) is 7.05. The number of amides is 2. The molecule has 31 heavy (non-hydrogen) atoms. The number of primary amides is 1. The van der Waals surface area contributed by atoms with Gasteiger partial charge in [-0.25, -0.2) is 4.39 Å². The smallest absolute Gasteiger partial charge is 0.267 e. The van der Waals surface area contributed by atoms with E-state index < -0.39 is 23.7 Å². The number of hydrogen-bond acceptors (Lipinski definition) is 5. The van der Waals surface area contributed by atoms with Gasteiger partial charge in [0.15, 0.2) is 0 Å². The van der Waals surface area contributed by atoms with E-state index in [-0.39, 0.29) is 28.6 Å². The maximum absolute atomic E-state index is 14.5. The van der Waals surface area contributed by atoms with Gasteiger partial charge in [-0.3, -0.25) is 19.6 Å². The third kappa shape index (κ3) is 3.94. The summed E-state index contributed by atoms with van der Waals surface area (Å²) in [7, 11) is 0. The summed E-state index contributed by atoms with van der Waals surface area (Å²) >= 11 is 6.08. The maximum Gasteiger partial charge on any atom is 0.267 e. The summed E-state index contributed by atoms with van der Waals surface area (Å²) in [6.07, 6.45) is 4.87. The average molecular weight is 441 g/mol. The van der Waals surface area contributed by atoms with Crippen molar-refractivity contribution < 1.29 is 19.1 Å². The molecule has 1 aliphatic carbocycles. The van der Waals surface area contributed by atoms with E-state index in [1.54, 1.807) is 18.2 Å². The summed E-state index contributed by atoms with van der Waals surface area (Å²) in [4.78, 5) is 34.6. The molecule has 2 heterocycles. The Morgan fingerprint density at radius 1 is 1.29 bits per heavy atom. The second-order valence-electron chi connectivity index (χ2n) is 7.21. The van der Waals surface area contributed by atoms with Crippen molar-refractivity contribution in [2.24, 2.45) is 5.73 Å². The van der Waals surface area contributed by atoms with Gasteiger partial charge in [0, 0.05) is 29.5 Å². The quantitative estimate of drug-likeness (QED) is 0.631. The number of nitrogens with zero attached hydrogens (tertiary/aromatic N) is 3. The normalized spacial score (nSPS) is 14.8. The number of pyridine rings is 2. The monoisotopic (exact) mass is 440 g/mol. The highest BCUT2D eigenvalue weighted by molar-refractivity contribution is 6.30. The molecule has 1 atom stereocenters. The molecule has 0 spiro atoms. The number of aromatic nitrogens is 2. The van der Waals surface area contributed by atoms with Crippen molar-refractivity contribution in [2.75, 3.05) is 0 Å². The summed E-state index contributed by atoms with van der Waals surface area (Å²) < 4.78 is 14.5. The number of halogens is 2. The van der Waals surface area contributed by atoms with Crippen molar-refractivity contribution in [1.82, 2.24) is 14.9 Å². The summed E-state index contributed by atoms with van der Waals surface area (Å²) in [5.74, 6) is -1.94. The molecule has 2 amide bonds.